The van der Waals surface area contributed by atoms with Crippen molar-refractivity contribution in [3.63, 3.8) is 0 Å². The highest BCUT2D eigenvalue weighted by molar-refractivity contribution is 6.31. The number of halogens is 1. The largest absolute Gasteiger partial charge is 0.488 e. The first-order chi connectivity index (χ1) is 13.7. The lowest BCUT2D eigenvalue weighted by Gasteiger charge is -2.10. The minimum atomic E-state index is -0.480. The molecule has 3 aromatic rings. The number of oxime groups is 1. The summed E-state index contributed by atoms with van der Waals surface area (Å²) >= 11 is 5.92. The number of hydrogen-bond donors (Lipinski definition) is 0. The van der Waals surface area contributed by atoms with Crippen LogP contribution in [0, 0.1) is 0 Å². The Bertz CT molecular complexity index is 1060. The molecule has 0 unspecified atom stereocenters. The van der Waals surface area contributed by atoms with Gasteiger partial charge in [-0.25, -0.2) is 4.79 Å². The lowest BCUT2D eigenvalue weighted by atomic mass is 10.0. The van der Waals surface area contributed by atoms with E-state index in [1.54, 1.807) is 6.08 Å². The second-order valence-electron chi connectivity index (χ2n) is 6.20. The molecule has 0 aromatic heterocycles. The van der Waals surface area contributed by atoms with Gasteiger partial charge in [-0.15, -0.1) is 0 Å². The van der Waals surface area contributed by atoms with E-state index < -0.39 is 5.97 Å². The number of ether oxygens (including phenoxy) is 1. The Balaban J connectivity index is 1.61. The Labute approximate surface area is 167 Å². The number of nitrogens with zero attached hydrogens (tertiary/aromatic N) is 1. The van der Waals surface area contributed by atoms with E-state index in [4.69, 9.17) is 21.2 Å². The molecule has 0 radical (unpaired) electrons. The predicted octanol–water partition coefficient (Wildman–Crippen LogP) is 5.26. The number of rotatable bonds is 5. The molecule has 4 nitrogen and oxygen atoms in total. The van der Waals surface area contributed by atoms with Crippen molar-refractivity contribution in [2.45, 2.75) is 6.61 Å². The van der Waals surface area contributed by atoms with E-state index in [0.717, 1.165) is 16.7 Å². The topological polar surface area (TPSA) is 47.9 Å². The molecular formula is C23H16ClNO3. The van der Waals surface area contributed by atoms with Gasteiger partial charge >= 0.3 is 5.97 Å². The molecule has 5 heteroatoms. The molecular weight excluding hydrogens is 374 g/mol. The molecule has 1 aliphatic rings. The Kier molecular flexibility index (Phi) is 5.22. The number of benzene rings is 3. The van der Waals surface area contributed by atoms with Gasteiger partial charge in [0.05, 0.1) is 5.57 Å². The fourth-order valence-corrected chi connectivity index (χ4v) is 2.97. The summed E-state index contributed by atoms with van der Waals surface area (Å²) in [5, 5.41) is 4.62. The first-order valence-electron chi connectivity index (χ1n) is 8.74. The fraction of sp³-hybridized carbons (Fsp3) is 0.0435. The van der Waals surface area contributed by atoms with E-state index in [0.29, 0.717) is 28.7 Å². The average Bonchev–Trinajstić information content (AvgIpc) is 3.09. The quantitative estimate of drug-likeness (QED) is 0.441. The molecule has 0 saturated heterocycles. The SMILES string of the molecule is O=C1ON=C(c2ccccc2)C1=Cc1ccccc1OCc1ccc(Cl)cc1. The van der Waals surface area contributed by atoms with Gasteiger partial charge in [0.1, 0.15) is 18.1 Å². The molecule has 0 atom stereocenters. The highest BCUT2D eigenvalue weighted by Crippen LogP contribution is 2.26. The third-order valence-electron chi connectivity index (χ3n) is 4.27. The second-order valence-corrected chi connectivity index (χ2v) is 6.63. The maximum absolute atomic E-state index is 12.2. The molecule has 0 fully saturated rings. The third-order valence-corrected chi connectivity index (χ3v) is 4.52. The second kappa shape index (κ2) is 8.11. The molecule has 1 aliphatic heterocycles. The summed E-state index contributed by atoms with van der Waals surface area (Å²) in [5.41, 5.74) is 3.50. The average molecular weight is 390 g/mol. The third kappa shape index (κ3) is 3.97. The smallest absolute Gasteiger partial charge is 0.368 e. The summed E-state index contributed by atoms with van der Waals surface area (Å²) in [5.74, 6) is 0.184. The standard InChI is InChI=1S/C23H16ClNO3/c24-19-12-10-16(11-13-19)15-27-21-9-5-4-8-18(21)14-20-22(25-28-23(20)26)17-6-2-1-3-7-17/h1-14H,15H2. The summed E-state index contributed by atoms with van der Waals surface area (Å²) in [4.78, 5) is 17.1. The molecule has 3 aromatic carbocycles. The molecule has 0 saturated carbocycles. The van der Waals surface area contributed by atoms with E-state index in [9.17, 15) is 4.79 Å². The molecule has 0 N–H and O–H groups in total. The van der Waals surface area contributed by atoms with Crippen molar-refractivity contribution >= 4 is 29.4 Å². The van der Waals surface area contributed by atoms with Gasteiger partial charge in [-0.1, -0.05) is 77.4 Å². The highest BCUT2D eigenvalue weighted by Gasteiger charge is 2.27. The van der Waals surface area contributed by atoms with Crippen molar-refractivity contribution in [3.8, 4) is 5.75 Å². The summed E-state index contributed by atoms with van der Waals surface area (Å²) in [6.45, 7) is 0.390. The van der Waals surface area contributed by atoms with Crippen molar-refractivity contribution in [3.05, 3.63) is 106 Å². The van der Waals surface area contributed by atoms with Crippen molar-refractivity contribution in [1.82, 2.24) is 0 Å². The Morgan fingerprint density at radius 1 is 0.929 bits per heavy atom. The predicted molar refractivity (Wildman–Crippen MR) is 109 cm³/mol. The van der Waals surface area contributed by atoms with Crippen LogP contribution < -0.4 is 4.74 Å². The van der Waals surface area contributed by atoms with Crippen LogP contribution in [-0.4, -0.2) is 11.7 Å². The summed E-state index contributed by atoms with van der Waals surface area (Å²) in [6, 6.07) is 24.5. The Hall–Kier alpha value is -3.37. The minimum absolute atomic E-state index is 0.390. The molecule has 4 rings (SSSR count). The lowest BCUT2D eigenvalue weighted by Crippen LogP contribution is -2.07. The lowest BCUT2D eigenvalue weighted by molar-refractivity contribution is -0.136. The number of para-hydroxylation sites is 1. The van der Waals surface area contributed by atoms with Crippen LogP contribution in [-0.2, 0) is 16.2 Å². The van der Waals surface area contributed by atoms with Crippen molar-refractivity contribution in [2.24, 2.45) is 5.16 Å². The van der Waals surface area contributed by atoms with Gasteiger partial charge in [-0.3, -0.25) is 0 Å². The van der Waals surface area contributed by atoms with Gasteiger partial charge in [0.15, 0.2) is 0 Å². The van der Waals surface area contributed by atoms with Gasteiger partial charge in [-0.05, 0) is 29.8 Å². The Morgan fingerprint density at radius 2 is 1.64 bits per heavy atom. The molecule has 28 heavy (non-hydrogen) atoms. The van der Waals surface area contributed by atoms with E-state index in [1.807, 2.05) is 78.9 Å². The number of carbonyl (C=O) groups is 1. The summed E-state index contributed by atoms with van der Waals surface area (Å²) in [7, 11) is 0. The minimum Gasteiger partial charge on any atom is -0.488 e. The molecule has 0 bridgehead atoms. The monoisotopic (exact) mass is 389 g/mol. The zero-order chi connectivity index (χ0) is 19.3. The van der Waals surface area contributed by atoms with Crippen molar-refractivity contribution in [2.75, 3.05) is 0 Å². The maximum atomic E-state index is 12.2. The van der Waals surface area contributed by atoms with Crippen LogP contribution in [0.4, 0.5) is 0 Å². The van der Waals surface area contributed by atoms with E-state index in [-0.39, 0.29) is 0 Å². The van der Waals surface area contributed by atoms with Crippen molar-refractivity contribution < 1.29 is 14.4 Å². The molecule has 0 aliphatic carbocycles. The van der Waals surface area contributed by atoms with Crippen LogP contribution in [0.25, 0.3) is 6.08 Å². The first kappa shape index (κ1) is 18.0. The van der Waals surface area contributed by atoms with Crippen LogP contribution in [0.3, 0.4) is 0 Å². The van der Waals surface area contributed by atoms with E-state index in [2.05, 4.69) is 5.16 Å². The van der Waals surface area contributed by atoms with Crippen LogP contribution in [0.2, 0.25) is 5.02 Å². The van der Waals surface area contributed by atoms with E-state index in [1.165, 1.54) is 0 Å². The fourth-order valence-electron chi connectivity index (χ4n) is 2.84. The highest BCUT2D eigenvalue weighted by atomic mass is 35.5. The zero-order valence-electron chi connectivity index (χ0n) is 14.8. The van der Waals surface area contributed by atoms with Crippen LogP contribution >= 0.6 is 11.6 Å². The summed E-state index contributed by atoms with van der Waals surface area (Å²) < 4.78 is 5.97. The molecule has 0 spiro atoms. The normalized spacial score (nSPS) is 14.7. The number of carbonyl (C=O) groups excluding carboxylic acids is 1. The molecule has 1 heterocycles. The first-order valence-corrected chi connectivity index (χ1v) is 9.11. The molecule has 138 valence electrons. The van der Waals surface area contributed by atoms with Gasteiger partial charge in [0, 0.05) is 16.1 Å². The van der Waals surface area contributed by atoms with Gasteiger partial charge in [0.2, 0.25) is 0 Å². The maximum Gasteiger partial charge on any atom is 0.368 e. The van der Waals surface area contributed by atoms with Gasteiger partial charge < -0.3 is 9.57 Å². The van der Waals surface area contributed by atoms with Gasteiger partial charge in [-0.2, -0.15) is 0 Å². The van der Waals surface area contributed by atoms with Crippen LogP contribution in [0.5, 0.6) is 5.75 Å². The van der Waals surface area contributed by atoms with E-state index >= 15 is 0 Å². The van der Waals surface area contributed by atoms with Crippen LogP contribution in [0.1, 0.15) is 16.7 Å². The zero-order valence-corrected chi connectivity index (χ0v) is 15.6. The van der Waals surface area contributed by atoms with Gasteiger partial charge in [0.25, 0.3) is 0 Å². The van der Waals surface area contributed by atoms with Crippen molar-refractivity contribution in [1.29, 1.82) is 0 Å². The Morgan fingerprint density at radius 3 is 2.43 bits per heavy atom. The summed E-state index contributed by atoms with van der Waals surface area (Å²) in [6.07, 6.45) is 1.75. The molecule has 0 amide bonds. The van der Waals surface area contributed by atoms with Crippen LogP contribution in [0.15, 0.2) is 89.6 Å². The number of hydrogen-bond acceptors (Lipinski definition) is 4.